The van der Waals surface area contributed by atoms with Gasteiger partial charge in [0.15, 0.2) is 5.76 Å². The van der Waals surface area contributed by atoms with Gasteiger partial charge in [0.2, 0.25) is 0 Å². The Morgan fingerprint density at radius 1 is 1.61 bits per heavy atom. The predicted molar refractivity (Wildman–Crippen MR) is 67.5 cm³/mol. The first-order chi connectivity index (χ1) is 8.45. The van der Waals surface area contributed by atoms with E-state index in [-0.39, 0.29) is 12.3 Å². The Morgan fingerprint density at radius 3 is 2.78 bits per heavy atom. The van der Waals surface area contributed by atoms with Crippen molar-refractivity contribution in [3.63, 3.8) is 0 Å². The molecular formula is C9H9IN2O6. The average Bonchev–Trinajstić information content (AvgIpc) is 2.84. The molecule has 1 aromatic heterocycles. The van der Waals surface area contributed by atoms with Crippen LogP contribution < -0.4 is 5.32 Å². The third-order valence-corrected chi connectivity index (χ3v) is 2.84. The van der Waals surface area contributed by atoms with E-state index < -0.39 is 26.6 Å². The molecule has 1 N–H and O–H groups in total. The van der Waals surface area contributed by atoms with E-state index in [1.807, 2.05) is 22.6 Å². The van der Waals surface area contributed by atoms with Gasteiger partial charge in [-0.3, -0.25) is 19.7 Å². The quantitative estimate of drug-likeness (QED) is 0.272. The van der Waals surface area contributed by atoms with Gasteiger partial charge >= 0.3 is 11.9 Å². The van der Waals surface area contributed by atoms with E-state index >= 15 is 0 Å². The van der Waals surface area contributed by atoms with E-state index in [4.69, 9.17) is 4.42 Å². The summed E-state index contributed by atoms with van der Waals surface area (Å²) in [5.74, 6) is -1.80. The van der Waals surface area contributed by atoms with E-state index in [1.165, 1.54) is 13.2 Å². The van der Waals surface area contributed by atoms with Crippen molar-refractivity contribution in [1.29, 1.82) is 0 Å². The van der Waals surface area contributed by atoms with Crippen LogP contribution in [0.4, 0.5) is 5.88 Å². The second-order valence-electron chi connectivity index (χ2n) is 3.10. The van der Waals surface area contributed by atoms with Crippen LogP contribution in [-0.2, 0) is 9.53 Å². The van der Waals surface area contributed by atoms with Crippen LogP contribution in [0, 0.1) is 10.1 Å². The molecule has 1 aromatic rings. The molecule has 0 aliphatic carbocycles. The summed E-state index contributed by atoms with van der Waals surface area (Å²) in [7, 11) is 1.24. The number of furan rings is 1. The average molecular weight is 368 g/mol. The number of rotatable bonds is 5. The molecule has 0 aliphatic rings. The Kier molecular flexibility index (Phi) is 5.07. The molecule has 0 fully saturated rings. The van der Waals surface area contributed by atoms with Crippen LogP contribution in [0.15, 0.2) is 16.5 Å². The third-order valence-electron chi connectivity index (χ3n) is 1.89. The minimum Gasteiger partial charge on any atom is -0.468 e. The van der Waals surface area contributed by atoms with Gasteiger partial charge < -0.3 is 14.5 Å². The molecule has 0 saturated heterocycles. The third kappa shape index (κ3) is 3.68. The van der Waals surface area contributed by atoms with Crippen LogP contribution in [0.25, 0.3) is 0 Å². The molecule has 1 unspecified atom stereocenters. The lowest BCUT2D eigenvalue weighted by molar-refractivity contribution is -0.402. The summed E-state index contributed by atoms with van der Waals surface area (Å²) >= 11 is 1.81. The number of carbonyl (C=O) groups excluding carboxylic acids is 2. The molecule has 1 atom stereocenters. The van der Waals surface area contributed by atoms with E-state index in [9.17, 15) is 19.7 Å². The van der Waals surface area contributed by atoms with Crippen molar-refractivity contribution in [2.24, 2.45) is 0 Å². The van der Waals surface area contributed by atoms with E-state index in [2.05, 4.69) is 10.1 Å². The molecule has 18 heavy (non-hydrogen) atoms. The first-order valence-electron chi connectivity index (χ1n) is 4.70. The second-order valence-corrected chi connectivity index (χ2v) is 4.60. The standard InChI is InChI=1S/C9H9IN2O6/c1-17-9(14)5(10)4-11-8(13)6-2-3-7(18-6)12(15)16/h2-3,5H,4H2,1H3,(H,11,13). The normalized spacial score (nSPS) is 11.7. The summed E-state index contributed by atoms with van der Waals surface area (Å²) in [5, 5.41) is 12.8. The summed E-state index contributed by atoms with van der Waals surface area (Å²) in [6.07, 6.45) is 0. The molecule has 0 bridgehead atoms. The molecule has 1 amide bonds. The second kappa shape index (κ2) is 6.33. The van der Waals surface area contributed by atoms with Gasteiger partial charge in [0.1, 0.15) is 8.85 Å². The first kappa shape index (κ1) is 14.4. The molecule has 0 radical (unpaired) electrons. The Hall–Kier alpha value is -1.65. The molecule has 0 spiro atoms. The molecule has 8 nitrogen and oxygen atoms in total. The van der Waals surface area contributed by atoms with E-state index in [1.54, 1.807) is 0 Å². The number of methoxy groups -OCH3 is 1. The number of nitrogens with one attached hydrogen (secondary N) is 1. The van der Waals surface area contributed by atoms with Gasteiger partial charge in [0.25, 0.3) is 5.91 Å². The van der Waals surface area contributed by atoms with Crippen molar-refractivity contribution in [2.75, 3.05) is 13.7 Å². The minimum absolute atomic E-state index is 0.0422. The van der Waals surface area contributed by atoms with E-state index in [0.717, 1.165) is 6.07 Å². The Bertz CT molecular complexity index is 471. The molecule has 0 aliphatic heterocycles. The maximum absolute atomic E-state index is 11.5. The number of nitro groups is 1. The summed E-state index contributed by atoms with van der Waals surface area (Å²) in [6.45, 7) is 0.0422. The van der Waals surface area contributed by atoms with Gasteiger partial charge in [-0.2, -0.15) is 0 Å². The molecule has 9 heteroatoms. The van der Waals surface area contributed by atoms with Crippen molar-refractivity contribution in [2.45, 2.75) is 3.92 Å². The number of nitrogens with zero attached hydrogens (tertiary/aromatic N) is 1. The predicted octanol–water partition coefficient (Wildman–Crippen LogP) is 0.894. The smallest absolute Gasteiger partial charge is 0.433 e. The molecule has 1 heterocycles. The van der Waals surface area contributed by atoms with Crippen molar-refractivity contribution < 1.29 is 23.7 Å². The summed E-state index contributed by atoms with van der Waals surface area (Å²) in [5.41, 5.74) is 0. The highest BCUT2D eigenvalue weighted by Crippen LogP contribution is 2.15. The van der Waals surface area contributed by atoms with Crippen LogP contribution in [-0.4, -0.2) is 34.4 Å². The maximum Gasteiger partial charge on any atom is 0.433 e. The zero-order chi connectivity index (χ0) is 13.7. The molecular weight excluding hydrogens is 359 g/mol. The number of carbonyl (C=O) groups is 2. The first-order valence-corrected chi connectivity index (χ1v) is 5.94. The molecule has 0 saturated carbocycles. The fourth-order valence-corrected chi connectivity index (χ4v) is 1.50. The van der Waals surface area contributed by atoms with Gasteiger partial charge in [-0.05, 0) is 6.07 Å². The number of hydrogen-bond donors (Lipinski definition) is 1. The van der Waals surface area contributed by atoms with Gasteiger partial charge in [-0.1, -0.05) is 22.6 Å². The van der Waals surface area contributed by atoms with Crippen LogP contribution >= 0.6 is 22.6 Å². The van der Waals surface area contributed by atoms with Gasteiger partial charge in [0.05, 0.1) is 13.2 Å². The zero-order valence-corrected chi connectivity index (χ0v) is 11.4. The number of halogens is 1. The lowest BCUT2D eigenvalue weighted by Gasteiger charge is -2.07. The molecule has 98 valence electrons. The molecule has 1 rings (SSSR count). The number of ether oxygens (including phenoxy) is 1. The zero-order valence-electron chi connectivity index (χ0n) is 9.21. The van der Waals surface area contributed by atoms with Gasteiger partial charge in [0, 0.05) is 6.54 Å². The number of esters is 1. The highest BCUT2D eigenvalue weighted by Gasteiger charge is 2.20. The van der Waals surface area contributed by atoms with Crippen molar-refractivity contribution in [3.8, 4) is 0 Å². The van der Waals surface area contributed by atoms with Gasteiger partial charge in [-0.25, -0.2) is 0 Å². The summed E-state index contributed by atoms with van der Waals surface area (Å²) < 4.78 is 8.63. The Morgan fingerprint density at radius 2 is 2.28 bits per heavy atom. The number of hydrogen-bond acceptors (Lipinski definition) is 6. The molecule has 0 aromatic carbocycles. The van der Waals surface area contributed by atoms with Crippen LogP contribution in [0.2, 0.25) is 0 Å². The Balaban J connectivity index is 2.55. The van der Waals surface area contributed by atoms with E-state index in [0.29, 0.717) is 0 Å². The van der Waals surface area contributed by atoms with Crippen LogP contribution in [0.5, 0.6) is 0 Å². The van der Waals surface area contributed by atoms with Crippen molar-refractivity contribution >= 4 is 40.4 Å². The maximum atomic E-state index is 11.5. The fraction of sp³-hybridized carbons (Fsp3) is 0.333. The number of alkyl halides is 1. The fourth-order valence-electron chi connectivity index (χ4n) is 1.03. The van der Waals surface area contributed by atoms with Crippen molar-refractivity contribution in [3.05, 3.63) is 28.0 Å². The Labute approximate surface area is 115 Å². The highest BCUT2D eigenvalue weighted by atomic mass is 127. The minimum atomic E-state index is -0.744. The van der Waals surface area contributed by atoms with Crippen LogP contribution in [0.1, 0.15) is 10.6 Å². The topological polar surface area (TPSA) is 112 Å². The SMILES string of the molecule is COC(=O)C(I)CNC(=O)c1ccc([N+](=O)[O-])o1. The lowest BCUT2D eigenvalue weighted by Crippen LogP contribution is -2.33. The monoisotopic (exact) mass is 368 g/mol. The van der Waals surface area contributed by atoms with Crippen molar-refractivity contribution in [1.82, 2.24) is 5.32 Å². The number of amides is 1. The van der Waals surface area contributed by atoms with Gasteiger partial charge in [-0.15, -0.1) is 0 Å². The largest absolute Gasteiger partial charge is 0.468 e. The summed E-state index contributed by atoms with van der Waals surface area (Å²) in [4.78, 5) is 32.2. The lowest BCUT2D eigenvalue weighted by atomic mass is 10.4. The van der Waals surface area contributed by atoms with Crippen LogP contribution in [0.3, 0.4) is 0 Å². The summed E-state index contributed by atoms with van der Waals surface area (Å²) in [6, 6.07) is 2.27. The highest BCUT2D eigenvalue weighted by molar-refractivity contribution is 14.1.